The van der Waals surface area contributed by atoms with Gasteiger partial charge in [-0.2, -0.15) is 0 Å². The van der Waals surface area contributed by atoms with Crippen LogP contribution in [0.1, 0.15) is 24.0 Å². The molecule has 3 nitrogen and oxygen atoms in total. The van der Waals surface area contributed by atoms with Crippen LogP contribution in [0.4, 0.5) is 10.1 Å². The molecule has 0 radical (unpaired) electrons. The van der Waals surface area contributed by atoms with Gasteiger partial charge in [-0.3, -0.25) is 0 Å². The Morgan fingerprint density at radius 1 is 1.25 bits per heavy atom. The van der Waals surface area contributed by atoms with Crippen LogP contribution in [0.3, 0.4) is 0 Å². The van der Waals surface area contributed by atoms with Gasteiger partial charge in [0.25, 0.3) is 0 Å². The van der Waals surface area contributed by atoms with E-state index in [9.17, 15) is 4.39 Å². The number of benzene rings is 1. The lowest BCUT2D eigenvalue weighted by molar-refractivity contribution is 0.469. The molecule has 0 bridgehead atoms. The molecule has 0 aliphatic carbocycles. The third-order valence-corrected chi connectivity index (χ3v) is 3.36. The average molecular weight is 276 g/mol. The molecule has 4 heteroatoms. The summed E-state index contributed by atoms with van der Waals surface area (Å²) < 4.78 is 18.7. The van der Waals surface area contributed by atoms with Gasteiger partial charge in [-0.05, 0) is 51.2 Å². The molecule has 0 saturated heterocycles. The van der Waals surface area contributed by atoms with Crippen LogP contribution in [0, 0.1) is 12.7 Å². The number of aryl methyl sites for hydroxylation is 1. The van der Waals surface area contributed by atoms with Crippen molar-refractivity contribution in [1.29, 1.82) is 0 Å². The van der Waals surface area contributed by atoms with Crippen molar-refractivity contribution in [1.82, 2.24) is 5.32 Å². The van der Waals surface area contributed by atoms with Crippen LogP contribution in [-0.2, 0) is 13.1 Å². The van der Waals surface area contributed by atoms with Crippen molar-refractivity contribution in [2.24, 2.45) is 0 Å². The number of nitrogens with zero attached hydrogens (tertiary/aromatic N) is 1. The maximum atomic E-state index is 13.0. The van der Waals surface area contributed by atoms with Gasteiger partial charge in [0.15, 0.2) is 0 Å². The lowest BCUT2D eigenvalue weighted by Crippen LogP contribution is -2.22. The van der Waals surface area contributed by atoms with E-state index in [2.05, 4.69) is 23.2 Å². The summed E-state index contributed by atoms with van der Waals surface area (Å²) in [5.74, 6) is 1.67. The summed E-state index contributed by atoms with van der Waals surface area (Å²) in [6.07, 6.45) is 0. The van der Waals surface area contributed by atoms with E-state index in [0.29, 0.717) is 0 Å². The van der Waals surface area contributed by atoms with Gasteiger partial charge in [-0.1, -0.05) is 0 Å². The van der Waals surface area contributed by atoms with E-state index < -0.39 is 0 Å². The van der Waals surface area contributed by atoms with Crippen LogP contribution in [0.2, 0.25) is 0 Å². The monoisotopic (exact) mass is 276 g/mol. The van der Waals surface area contributed by atoms with Gasteiger partial charge < -0.3 is 14.6 Å². The van der Waals surface area contributed by atoms with E-state index in [0.717, 1.165) is 36.8 Å². The van der Waals surface area contributed by atoms with Crippen LogP contribution in [-0.4, -0.2) is 13.6 Å². The van der Waals surface area contributed by atoms with Crippen molar-refractivity contribution in [3.05, 3.63) is 53.2 Å². The summed E-state index contributed by atoms with van der Waals surface area (Å²) in [5.41, 5.74) is 2.19. The van der Waals surface area contributed by atoms with Crippen molar-refractivity contribution in [3.63, 3.8) is 0 Å². The predicted molar refractivity (Wildman–Crippen MR) is 79.3 cm³/mol. The van der Waals surface area contributed by atoms with Crippen molar-refractivity contribution in [2.45, 2.75) is 26.9 Å². The summed E-state index contributed by atoms with van der Waals surface area (Å²) in [5, 5.41) is 3.08. The first kappa shape index (κ1) is 14.6. The fourth-order valence-electron chi connectivity index (χ4n) is 2.25. The van der Waals surface area contributed by atoms with E-state index in [4.69, 9.17) is 4.42 Å². The molecular weight excluding hydrogens is 255 g/mol. The Kier molecular flexibility index (Phi) is 4.79. The van der Waals surface area contributed by atoms with Crippen LogP contribution < -0.4 is 10.2 Å². The van der Waals surface area contributed by atoms with Crippen LogP contribution in [0.25, 0.3) is 0 Å². The SMILES string of the molecule is CCN(Cc1cc(CNC)oc1C)c1ccc(F)cc1. The molecule has 0 spiro atoms. The summed E-state index contributed by atoms with van der Waals surface area (Å²) in [4.78, 5) is 2.19. The Hall–Kier alpha value is -1.81. The lowest BCUT2D eigenvalue weighted by atomic mass is 10.2. The van der Waals surface area contributed by atoms with Crippen molar-refractivity contribution < 1.29 is 8.81 Å². The summed E-state index contributed by atoms with van der Waals surface area (Å²) in [6.45, 7) is 6.42. The predicted octanol–water partition coefficient (Wildman–Crippen LogP) is 3.47. The van der Waals surface area contributed by atoms with Gasteiger partial charge in [0.1, 0.15) is 17.3 Å². The Morgan fingerprint density at radius 3 is 2.55 bits per heavy atom. The van der Waals surface area contributed by atoms with Gasteiger partial charge in [0.05, 0.1) is 6.54 Å². The Labute approximate surface area is 119 Å². The standard InChI is InChI=1S/C16H21FN2O/c1-4-19(15-7-5-14(17)6-8-15)11-13-9-16(10-18-3)20-12(13)2/h5-9,18H,4,10-11H2,1-3H3. The first-order chi connectivity index (χ1) is 9.63. The highest BCUT2D eigenvalue weighted by Crippen LogP contribution is 2.21. The number of nitrogens with one attached hydrogen (secondary N) is 1. The topological polar surface area (TPSA) is 28.4 Å². The highest BCUT2D eigenvalue weighted by Gasteiger charge is 2.11. The van der Waals surface area contributed by atoms with E-state index in [-0.39, 0.29) is 5.82 Å². The number of anilines is 1. The highest BCUT2D eigenvalue weighted by atomic mass is 19.1. The van der Waals surface area contributed by atoms with Crippen LogP contribution >= 0.6 is 0 Å². The largest absolute Gasteiger partial charge is 0.465 e. The molecular formula is C16H21FN2O. The molecule has 0 saturated carbocycles. The van der Waals surface area contributed by atoms with Gasteiger partial charge in [0, 0.05) is 24.3 Å². The van der Waals surface area contributed by atoms with Crippen LogP contribution in [0.15, 0.2) is 34.7 Å². The summed E-state index contributed by atoms with van der Waals surface area (Å²) in [7, 11) is 1.90. The molecule has 108 valence electrons. The second-order valence-electron chi connectivity index (χ2n) is 4.82. The molecule has 0 atom stereocenters. The smallest absolute Gasteiger partial charge is 0.123 e. The Bertz CT molecular complexity index is 548. The zero-order valence-corrected chi connectivity index (χ0v) is 12.2. The highest BCUT2D eigenvalue weighted by molar-refractivity contribution is 5.47. The summed E-state index contributed by atoms with van der Waals surface area (Å²) >= 11 is 0. The number of hydrogen-bond acceptors (Lipinski definition) is 3. The minimum absolute atomic E-state index is 0.208. The first-order valence-corrected chi connectivity index (χ1v) is 6.87. The number of halogens is 1. The minimum atomic E-state index is -0.208. The molecule has 0 aliphatic rings. The second-order valence-corrected chi connectivity index (χ2v) is 4.82. The molecule has 1 aromatic heterocycles. The van der Waals surface area contributed by atoms with Gasteiger partial charge in [0.2, 0.25) is 0 Å². The van der Waals surface area contributed by atoms with Crippen LogP contribution in [0.5, 0.6) is 0 Å². The third kappa shape index (κ3) is 3.39. The zero-order valence-electron chi connectivity index (χ0n) is 12.2. The lowest BCUT2D eigenvalue weighted by Gasteiger charge is -2.22. The molecule has 2 rings (SSSR count). The van der Waals surface area contributed by atoms with E-state index >= 15 is 0 Å². The van der Waals surface area contributed by atoms with E-state index in [1.54, 1.807) is 0 Å². The third-order valence-electron chi connectivity index (χ3n) is 3.36. The number of hydrogen-bond donors (Lipinski definition) is 1. The van der Waals surface area contributed by atoms with E-state index in [1.165, 1.54) is 17.7 Å². The molecule has 1 aromatic carbocycles. The molecule has 0 unspecified atom stereocenters. The quantitative estimate of drug-likeness (QED) is 0.875. The normalized spacial score (nSPS) is 10.8. The number of furan rings is 1. The maximum absolute atomic E-state index is 13.0. The Balaban J connectivity index is 2.15. The molecule has 20 heavy (non-hydrogen) atoms. The first-order valence-electron chi connectivity index (χ1n) is 6.87. The fraction of sp³-hybridized carbons (Fsp3) is 0.375. The molecule has 1 N–H and O–H groups in total. The van der Waals surface area contributed by atoms with Crippen molar-refractivity contribution >= 4 is 5.69 Å². The van der Waals surface area contributed by atoms with Gasteiger partial charge >= 0.3 is 0 Å². The molecule has 0 fully saturated rings. The Morgan fingerprint density at radius 2 is 1.95 bits per heavy atom. The van der Waals surface area contributed by atoms with Crippen molar-refractivity contribution in [3.8, 4) is 0 Å². The molecule has 0 amide bonds. The minimum Gasteiger partial charge on any atom is -0.465 e. The molecule has 2 aromatic rings. The van der Waals surface area contributed by atoms with Gasteiger partial charge in [-0.25, -0.2) is 4.39 Å². The van der Waals surface area contributed by atoms with E-state index in [1.807, 2.05) is 26.1 Å². The number of rotatable bonds is 6. The van der Waals surface area contributed by atoms with Crippen molar-refractivity contribution in [2.75, 3.05) is 18.5 Å². The zero-order chi connectivity index (χ0) is 14.5. The fourth-order valence-corrected chi connectivity index (χ4v) is 2.25. The maximum Gasteiger partial charge on any atom is 0.123 e. The average Bonchev–Trinajstić information content (AvgIpc) is 2.78. The van der Waals surface area contributed by atoms with Gasteiger partial charge in [-0.15, -0.1) is 0 Å². The second kappa shape index (κ2) is 6.57. The molecule has 1 heterocycles. The summed E-state index contributed by atoms with van der Waals surface area (Å²) in [6, 6.07) is 8.68. The molecule has 0 aliphatic heterocycles.